The minimum Gasteiger partial charge on any atom is -0.494 e. The van der Waals surface area contributed by atoms with Gasteiger partial charge in [-0.05, 0) is 68.7 Å². The van der Waals surface area contributed by atoms with E-state index in [1.54, 1.807) is 18.3 Å². The Morgan fingerprint density at radius 1 is 1.15 bits per heavy atom. The lowest BCUT2D eigenvalue weighted by atomic mass is 10.1. The van der Waals surface area contributed by atoms with Crippen LogP contribution in [-0.2, 0) is 11.3 Å². The van der Waals surface area contributed by atoms with Crippen LogP contribution in [0.1, 0.15) is 49.2 Å². The molecule has 7 nitrogen and oxygen atoms in total. The first kappa shape index (κ1) is 24.4. The van der Waals surface area contributed by atoms with Crippen LogP contribution in [0.5, 0.6) is 5.75 Å². The summed E-state index contributed by atoms with van der Waals surface area (Å²) in [6.45, 7) is 7.62. The van der Waals surface area contributed by atoms with Crippen LogP contribution in [0.2, 0.25) is 0 Å². The predicted molar refractivity (Wildman–Crippen MR) is 130 cm³/mol. The summed E-state index contributed by atoms with van der Waals surface area (Å²) in [5, 5.41) is 4.95. The fourth-order valence-electron chi connectivity index (χ4n) is 3.28. The topological polar surface area (TPSA) is 85.6 Å². The van der Waals surface area contributed by atoms with Crippen molar-refractivity contribution in [3.8, 4) is 17.0 Å². The highest BCUT2D eigenvalue weighted by molar-refractivity contribution is 7.07. The minimum absolute atomic E-state index is 0.0616. The van der Waals surface area contributed by atoms with E-state index < -0.39 is 0 Å². The Hall–Kier alpha value is -3.26. The second kappa shape index (κ2) is 12.1. The smallest absolute Gasteiger partial charge is 0.281 e. The summed E-state index contributed by atoms with van der Waals surface area (Å²) in [7, 11) is 0. The Bertz CT molecular complexity index is 1130. The molecule has 8 heteroatoms. The van der Waals surface area contributed by atoms with Gasteiger partial charge >= 0.3 is 0 Å². The first-order chi connectivity index (χ1) is 16.0. The number of thiazole rings is 1. The van der Waals surface area contributed by atoms with E-state index in [1.165, 1.54) is 11.3 Å². The average Bonchev–Trinajstić information content (AvgIpc) is 3.20. The molecule has 0 saturated heterocycles. The van der Waals surface area contributed by atoms with Crippen LogP contribution in [0.4, 0.5) is 0 Å². The van der Waals surface area contributed by atoms with Gasteiger partial charge in [0.2, 0.25) is 5.91 Å². The first-order valence-electron chi connectivity index (χ1n) is 11.2. The molecule has 3 aromatic rings. The molecule has 2 aromatic heterocycles. The molecule has 0 aliphatic rings. The molecule has 0 bridgehead atoms. The number of hydrogen-bond donors (Lipinski definition) is 1. The third-order valence-electron chi connectivity index (χ3n) is 4.97. The van der Waals surface area contributed by atoms with Crippen LogP contribution >= 0.6 is 11.3 Å². The summed E-state index contributed by atoms with van der Waals surface area (Å²) in [4.78, 5) is 33.7. The molecule has 0 fully saturated rings. The number of carbonyl (C=O) groups excluding carboxylic acids is 2. The molecule has 0 aliphatic carbocycles. The van der Waals surface area contributed by atoms with Crippen LogP contribution in [0.25, 0.3) is 11.3 Å². The van der Waals surface area contributed by atoms with Gasteiger partial charge in [0.05, 0.1) is 17.9 Å². The molecule has 0 unspecified atom stereocenters. The van der Waals surface area contributed by atoms with Crippen molar-refractivity contribution < 1.29 is 14.3 Å². The number of ether oxygens (including phenoxy) is 1. The van der Waals surface area contributed by atoms with Gasteiger partial charge in [-0.3, -0.25) is 14.6 Å². The van der Waals surface area contributed by atoms with E-state index in [4.69, 9.17) is 4.74 Å². The van der Waals surface area contributed by atoms with Crippen LogP contribution in [-0.4, -0.2) is 34.5 Å². The molecule has 0 spiro atoms. The maximum Gasteiger partial charge on any atom is 0.281 e. The van der Waals surface area contributed by atoms with E-state index in [0.717, 1.165) is 35.5 Å². The Balaban J connectivity index is 1.87. The largest absolute Gasteiger partial charge is 0.494 e. The van der Waals surface area contributed by atoms with Crippen molar-refractivity contribution in [1.82, 2.24) is 14.9 Å². The average molecular weight is 467 g/mol. The molecule has 0 radical (unpaired) electrons. The third kappa shape index (κ3) is 6.86. The van der Waals surface area contributed by atoms with Gasteiger partial charge in [0, 0.05) is 36.8 Å². The van der Waals surface area contributed by atoms with E-state index in [-0.39, 0.29) is 11.8 Å². The van der Waals surface area contributed by atoms with Crippen LogP contribution in [0.3, 0.4) is 0 Å². The van der Waals surface area contributed by atoms with Gasteiger partial charge in [-0.1, -0.05) is 6.92 Å². The Kier molecular flexibility index (Phi) is 8.95. The lowest BCUT2D eigenvalue weighted by molar-refractivity contribution is -0.121. The van der Waals surface area contributed by atoms with Gasteiger partial charge in [0.15, 0.2) is 4.80 Å². The number of benzene rings is 1. The van der Waals surface area contributed by atoms with Crippen LogP contribution in [0, 0.1) is 6.92 Å². The van der Waals surface area contributed by atoms with E-state index in [1.807, 2.05) is 55.0 Å². The summed E-state index contributed by atoms with van der Waals surface area (Å²) in [6, 6.07) is 11.4. The number of carbonyl (C=O) groups is 2. The SMILES string of the molecule is CCCC(=O)NCCCn1c(-c2ccc(OCC)cc2)csc1=NC(=O)c1ccc(C)nc1. The highest BCUT2D eigenvalue weighted by Gasteiger charge is 2.11. The summed E-state index contributed by atoms with van der Waals surface area (Å²) in [5.41, 5.74) is 3.28. The van der Waals surface area contributed by atoms with Crippen molar-refractivity contribution in [2.45, 2.75) is 46.6 Å². The molecular weight excluding hydrogens is 436 g/mol. The summed E-state index contributed by atoms with van der Waals surface area (Å²) in [5.74, 6) is 0.549. The van der Waals surface area contributed by atoms with Crippen molar-refractivity contribution in [1.29, 1.82) is 0 Å². The highest BCUT2D eigenvalue weighted by Crippen LogP contribution is 2.23. The maximum atomic E-state index is 12.7. The molecular formula is C25H30N4O3S. The van der Waals surface area contributed by atoms with Gasteiger partial charge in [-0.15, -0.1) is 11.3 Å². The molecule has 0 saturated carbocycles. The lowest BCUT2D eigenvalue weighted by Crippen LogP contribution is -2.26. The Morgan fingerprint density at radius 2 is 1.94 bits per heavy atom. The van der Waals surface area contributed by atoms with Gasteiger partial charge in [0.25, 0.3) is 5.91 Å². The van der Waals surface area contributed by atoms with Crippen molar-refractivity contribution in [3.05, 3.63) is 64.0 Å². The summed E-state index contributed by atoms with van der Waals surface area (Å²) < 4.78 is 7.58. The second-order valence-corrected chi connectivity index (χ2v) is 8.41. The fraction of sp³-hybridized carbons (Fsp3) is 0.360. The Morgan fingerprint density at radius 3 is 2.61 bits per heavy atom. The van der Waals surface area contributed by atoms with Gasteiger partial charge in [-0.2, -0.15) is 4.99 Å². The number of nitrogens with zero attached hydrogens (tertiary/aromatic N) is 3. The molecule has 0 atom stereocenters. The summed E-state index contributed by atoms with van der Waals surface area (Å²) >= 11 is 1.42. The standard InChI is InChI=1S/C25H30N4O3S/c1-4-7-23(30)26-14-6-15-29-22(19-10-12-21(13-11-19)32-5-2)17-33-25(29)28-24(31)20-9-8-18(3)27-16-20/h8-13,16-17H,4-7,14-15H2,1-3H3,(H,26,30). The number of hydrogen-bond acceptors (Lipinski definition) is 5. The first-order valence-corrected chi connectivity index (χ1v) is 12.1. The molecule has 174 valence electrons. The number of aryl methyl sites for hydroxylation is 1. The molecule has 2 amide bonds. The molecule has 0 aliphatic heterocycles. The Labute approximate surface area is 198 Å². The number of pyridine rings is 1. The molecule has 3 rings (SSSR count). The predicted octanol–water partition coefficient (Wildman–Crippen LogP) is 4.37. The van der Waals surface area contributed by atoms with E-state index >= 15 is 0 Å². The lowest BCUT2D eigenvalue weighted by Gasteiger charge is -2.11. The number of amides is 2. The zero-order valence-corrected chi connectivity index (χ0v) is 20.2. The minimum atomic E-state index is -0.326. The van der Waals surface area contributed by atoms with Crippen molar-refractivity contribution in [2.75, 3.05) is 13.2 Å². The highest BCUT2D eigenvalue weighted by atomic mass is 32.1. The summed E-state index contributed by atoms with van der Waals surface area (Å²) in [6.07, 6.45) is 3.63. The quantitative estimate of drug-likeness (QED) is 0.450. The van der Waals surface area contributed by atoms with Crippen molar-refractivity contribution in [2.24, 2.45) is 4.99 Å². The number of nitrogens with one attached hydrogen (secondary N) is 1. The molecule has 1 aromatic carbocycles. The monoisotopic (exact) mass is 466 g/mol. The van der Waals surface area contributed by atoms with Crippen LogP contribution in [0.15, 0.2) is 53.0 Å². The fourth-order valence-corrected chi connectivity index (χ4v) is 4.21. The molecule has 1 N–H and O–H groups in total. The number of rotatable bonds is 10. The van der Waals surface area contributed by atoms with Crippen molar-refractivity contribution >= 4 is 23.2 Å². The van der Waals surface area contributed by atoms with Gasteiger partial charge in [-0.25, -0.2) is 0 Å². The molecule has 33 heavy (non-hydrogen) atoms. The van der Waals surface area contributed by atoms with E-state index in [9.17, 15) is 9.59 Å². The second-order valence-electron chi connectivity index (χ2n) is 7.57. The molecule has 2 heterocycles. The maximum absolute atomic E-state index is 12.7. The normalized spacial score (nSPS) is 11.4. The number of aromatic nitrogens is 2. The van der Waals surface area contributed by atoms with E-state index in [2.05, 4.69) is 15.3 Å². The zero-order valence-electron chi connectivity index (χ0n) is 19.3. The zero-order chi connectivity index (χ0) is 23.6. The van der Waals surface area contributed by atoms with Gasteiger partial charge in [0.1, 0.15) is 5.75 Å². The van der Waals surface area contributed by atoms with Gasteiger partial charge < -0.3 is 14.6 Å². The van der Waals surface area contributed by atoms with Crippen molar-refractivity contribution in [3.63, 3.8) is 0 Å². The third-order valence-corrected chi connectivity index (χ3v) is 5.84. The van der Waals surface area contributed by atoms with E-state index in [0.29, 0.717) is 36.5 Å². The van der Waals surface area contributed by atoms with Crippen LogP contribution < -0.4 is 14.9 Å².